The number of nitrogens with zero attached hydrogens (tertiary/aromatic N) is 1. The highest BCUT2D eigenvalue weighted by atomic mass is 16.2. The minimum Gasteiger partial charge on any atom is -0.342 e. The van der Waals surface area contributed by atoms with E-state index in [9.17, 15) is 4.79 Å². The Bertz CT molecular complexity index is 244. The highest BCUT2D eigenvalue weighted by Crippen LogP contribution is 2.30. The van der Waals surface area contributed by atoms with Gasteiger partial charge in [0.25, 0.3) is 0 Å². The molecule has 2 aliphatic rings. The summed E-state index contributed by atoms with van der Waals surface area (Å²) < 4.78 is 0. The third kappa shape index (κ3) is 2.71. The summed E-state index contributed by atoms with van der Waals surface area (Å²) >= 11 is 0. The summed E-state index contributed by atoms with van der Waals surface area (Å²) in [5, 5.41) is 3.48. The predicted octanol–water partition coefficient (Wildman–Crippen LogP) is 1.39. The first-order valence-corrected chi connectivity index (χ1v) is 6.08. The highest BCUT2D eigenvalue weighted by molar-refractivity contribution is 5.79. The van der Waals surface area contributed by atoms with Crippen LogP contribution >= 0.6 is 0 Å². The number of hydrogen-bond acceptors (Lipinski definition) is 2. The Morgan fingerprint density at radius 3 is 2.87 bits per heavy atom. The van der Waals surface area contributed by atoms with Gasteiger partial charge in [-0.05, 0) is 31.2 Å². The zero-order valence-electron chi connectivity index (χ0n) is 9.88. The second-order valence-corrected chi connectivity index (χ2v) is 5.74. The summed E-state index contributed by atoms with van der Waals surface area (Å²) in [5.74, 6) is 0.345. The van der Waals surface area contributed by atoms with Crippen molar-refractivity contribution in [3.8, 4) is 0 Å². The van der Waals surface area contributed by atoms with Gasteiger partial charge >= 0.3 is 0 Å². The summed E-state index contributed by atoms with van der Waals surface area (Å²) in [7, 11) is 0. The van der Waals surface area contributed by atoms with E-state index in [0.717, 1.165) is 32.5 Å². The van der Waals surface area contributed by atoms with Gasteiger partial charge in [0.2, 0.25) is 5.91 Å². The van der Waals surface area contributed by atoms with Crippen molar-refractivity contribution in [2.24, 2.45) is 5.41 Å². The zero-order chi connectivity index (χ0) is 10.9. The molecule has 1 atom stereocenters. The summed E-state index contributed by atoms with van der Waals surface area (Å²) in [5.41, 5.74) is 0.195. The lowest BCUT2D eigenvalue weighted by atomic mass is 9.93. The molecular weight excluding hydrogens is 188 g/mol. The molecular formula is C12H22N2O. The number of amides is 1. The molecule has 0 saturated carbocycles. The van der Waals surface area contributed by atoms with Crippen molar-refractivity contribution >= 4 is 5.91 Å². The van der Waals surface area contributed by atoms with Crippen LogP contribution in [0.25, 0.3) is 0 Å². The number of carbonyl (C=O) groups excluding carboxylic acids is 1. The zero-order valence-corrected chi connectivity index (χ0v) is 9.88. The Balaban J connectivity index is 1.77. The first-order valence-electron chi connectivity index (χ1n) is 6.08. The highest BCUT2D eigenvalue weighted by Gasteiger charge is 2.35. The molecule has 2 rings (SSSR count). The SMILES string of the molecule is CC1(C)CC(=O)N(CCC2CCCN2)C1. The maximum atomic E-state index is 11.7. The average Bonchev–Trinajstić information content (AvgIpc) is 2.70. The molecule has 86 valence electrons. The maximum Gasteiger partial charge on any atom is 0.223 e. The van der Waals surface area contributed by atoms with Crippen LogP contribution in [-0.4, -0.2) is 36.5 Å². The van der Waals surface area contributed by atoms with Crippen molar-refractivity contribution in [1.82, 2.24) is 10.2 Å². The molecule has 0 aromatic heterocycles. The van der Waals surface area contributed by atoms with Crippen LogP contribution in [0, 0.1) is 5.41 Å². The van der Waals surface area contributed by atoms with E-state index < -0.39 is 0 Å². The van der Waals surface area contributed by atoms with Crippen LogP contribution in [0.1, 0.15) is 39.5 Å². The van der Waals surface area contributed by atoms with E-state index in [1.54, 1.807) is 0 Å². The second kappa shape index (κ2) is 4.12. The van der Waals surface area contributed by atoms with Crippen LogP contribution in [0.5, 0.6) is 0 Å². The average molecular weight is 210 g/mol. The van der Waals surface area contributed by atoms with E-state index in [0.29, 0.717) is 11.9 Å². The van der Waals surface area contributed by atoms with Gasteiger partial charge in [-0.15, -0.1) is 0 Å². The van der Waals surface area contributed by atoms with Crippen molar-refractivity contribution in [2.75, 3.05) is 19.6 Å². The van der Waals surface area contributed by atoms with E-state index in [1.807, 2.05) is 4.90 Å². The van der Waals surface area contributed by atoms with Gasteiger partial charge in [-0.1, -0.05) is 13.8 Å². The molecule has 0 aliphatic carbocycles. The van der Waals surface area contributed by atoms with Crippen molar-refractivity contribution in [3.63, 3.8) is 0 Å². The minimum atomic E-state index is 0.195. The lowest BCUT2D eigenvalue weighted by Crippen LogP contribution is -2.32. The van der Waals surface area contributed by atoms with E-state index in [2.05, 4.69) is 19.2 Å². The molecule has 0 aromatic rings. The lowest BCUT2D eigenvalue weighted by molar-refractivity contribution is -0.127. The Hall–Kier alpha value is -0.570. The first-order chi connectivity index (χ1) is 7.07. The Morgan fingerprint density at radius 2 is 2.33 bits per heavy atom. The third-order valence-corrected chi connectivity index (χ3v) is 3.51. The first kappa shape index (κ1) is 10.9. The van der Waals surface area contributed by atoms with Crippen LogP contribution < -0.4 is 5.32 Å². The standard InChI is InChI=1S/C12H22N2O/c1-12(2)8-11(15)14(9-12)7-5-10-4-3-6-13-10/h10,13H,3-9H2,1-2H3. The smallest absolute Gasteiger partial charge is 0.223 e. The molecule has 0 radical (unpaired) electrons. The summed E-state index contributed by atoms with van der Waals surface area (Å²) in [6, 6.07) is 0.654. The summed E-state index contributed by atoms with van der Waals surface area (Å²) in [6.45, 7) is 7.40. The monoisotopic (exact) mass is 210 g/mol. The van der Waals surface area contributed by atoms with E-state index in [4.69, 9.17) is 0 Å². The number of nitrogens with one attached hydrogen (secondary N) is 1. The van der Waals surface area contributed by atoms with Crippen LogP contribution in [0.2, 0.25) is 0 Å². The van der Waals surface area contributed by atoms with E-state index in [-0.39, 0.29) is 5.41 Å². The van der Waals surface area contributed by atoms with Crippen molar-refractivity contribution < 1.29 is 4.79 Å². The molecule has 1 amide bonds. The molecule has 0 bridgehead atoms. The van der Waals surface area contributed by atoms with Gasteiger partial charge in [0.05, 0.1) is 0 Å². The normalized spacial score (nSPS) is 30.1. The summed E-state index contributed by atoms with van der Waals surface area (Å²) in [4.78, 5) is 13.7. The molecule has 1 N–H and O–H groups in total. The van der Waals surface area contributed by atoms with Crippen LogP contribution in [-0.2, 0) is 4.79 Å². The second-order valence-electron chi connectivity index (χ2n) is 5.74. The largest absolute Gasteiger partial charge is 0.342 e. The number of likely N-dealkylation sites (tertiary alicyclic amines) is 1. The van der Waals surface area contributed by atoms with Gasteiger partial charge in [0, 0.05) is 25.6 Å². The van der Waals surface area contributed by atoms with Crippen molar-refractivity contribution in [1.29, 1.82) is 0 Å². The quantitative estimate of drug-likeness (QED) is 0.763. The van der Waals surface area contributed by atoms with Gasteiger partial charge in [-0.3, -0.25) is 4.79 Å². The third-order valence-electron chi connectivity index (χ3n) is 3.51. The van der Waals surface area contributed by atoms with Crippen molar-refractivity contribution in [2.45, 2.75) is 45.6 Å². The fourth-order valence-corrected chi connectivity index (χ4v) is 2.70. The molecule has 2 heterocycles. The van der Waals surface area contributed by atoms with E-state index in [1.165, 1.54) is 12.8 Å². The van der Waals surface area contributed by atoms with Gasteiger partial charge < -0.3 is 10.2 Å². The predicted molar refractivity (Wildman–Crippen MR) is 60.6 cm³/mol. The fraction of sp³-hybridized carbons (Fsp3) is 0.917. The fourth-order valence-electron chi connectivity index (χ4n) is 2.70. The topological polar surface area (TPSA) is 32.3 Å². The number of carbonyl (C=O) groups is 1. The molecule has 3 heteroatoms. The Kier molecular flexibility index (Phi) is 3.01. The maximum absolute atomic E-state index is 11.7. The minimum absolute atomic E-state index is 0.195. The molecule has 0 aromatic carbocycles. The van der Waals surface area contributed by atoms with Crippen LogP contribution in [0.15, 0.2) is 0 Å². The molecule has 3 nitrogen and oxygen atoms in total. The Morgan fingerprint density at radius 1 is 1.53 bits per heavy atom. The number of rotatable bonds is 3. The van der Waals surface area contributed by atoms with Crippen molar-refractivity contribution in [3.05, 3.63) is 0 Å². The molecule has 0 spiro atoms. The van der Waals surface area contributed by atoms with Crippen LogP contribution in [0.4, 0.5) is 0 Å². The van der Waals surface area contributed by atoms with Gasteiger partial charge in [0.15, 0.2) is 0 Å². The molecule has 2 saturated heterocycles. The van der Waals surface area contributed by atoms with E-state index >= 15 is 0 Å². The Labute approximate surface area is 92.2 Å². The lowest BCUT2D eigenvalue weighted by Gasteiger charge is -2.21. The number of hydrogen-bond donors (Lipinski definition) is 1. The van der Waals surface area contributed by atoms with Gasteiger partial charge in [-0.25, -0.2) is 0 Å². The molecule has 2 aliphatic heterocycles. The van der Waals surface area contributed by atoms with Gasteiger partial charge in [0.1, 0.15) is 0 Å². The summed E-state index contributed by atoms with van der Waals surface area (Å²) in [6.07, 6.45) is 4.43. The molecule has 2 fully saturated rings. The molecule has 1 unspecified atom stereocenters. The van der Waals surface area contributed by atoms with Gasteiger partial charge in [-0.2, -0.15) is 0 Å². The molecule has 15 heavy (non-hydrogen) atoms. The van der Waals surface area contributed by atoms with Crippen LogP contribution in [0.3, 0.4) is 0 Å².